The molecule has 4 heterocycles. The molecule has 4 nitrogen and oxygen atoms in total. The third kappa shape index (κ3) is 15.7. The van der Waals surface area contributed by atoms with Crippen LogP contribution in [0.1, 0.15) is 85.0 Å². The number of hydrogen-bond acceptors (Lipinski definition) is 0. The Kier molecular flexibility index (Phi) is 18.9. The molecule has 0 aliphatic carbocycles. The Balaban J connectivity index is 0.000000146. The molecule has 0 bridgehead atoms. The minimum atomic E-state index is -2.09. The van der Waals surface area contributed by atoms with Crippen LogP contribution in [0.4, 0.5) is 0 Å². The number of aryl methyl sites for hydroxylation is 11. The number of hydrogen-bond donors (Lipinski definition) is 0. The first-order chi connectivity index (χ1) is 44.5. The van der Waals surface area contributed by atoms with E-state index in [1.807, 2.05) is 61.8 Å². The highest BCUT2D eigenvalue weighted by Gasteiger charge is 2.18. The maximum Gasteiger partial charge on any atom is 0.213 e. The molecule has 0 unspecified atom stereocenters. The van der Waals surface area contributed by atoms with Crippen LogP contribution in [0.25, 0.3) is 89.5 Å². The average molecular weight is 1160 g/mol. The fourth-order valence-electron chi connectivity index (χ4n) is 11.0. The highest BCUT2D eigenvalue weighted by molar-refractivity contribution is 5.74. The lowest BCUT2D eigenvalue weighted by atomic mass is 9.97. The Labute approximate surface area is 533 Å². The lowest BCUT2D eigenvalue weighted by Gasteiger charge is -2.09. The van der Waals surface area contributed by atoms with Crippen LogP contribution in [0.2, 0.25) is 0 Å². The van der Waals surface area contributed by atoms with Gasteiger partial charge in [-0.15, -0.1) is 0 Å². The molecule has 12 rings (SSSR count). The largest absolute Gasteiger partial charge is 0.213 e. The molecule has 4 heteroatoms. The van der Waals surface area contributed by atoms with Gasteiger partial charge in [0.25, 0.3) is 0 Å². The van der Waals surface area contributed by atoms with Crippen molar-refractivity contribution in [3.63, 3.8) is 0 Å². The molecule has 12 aromatic rings. The van der Waals surface area contributed by atoms with Gasteiger partial charge >= 0.3 is 0 Å². The molecule has 0 N–H and O–H groups in total. The zero-order valence-electron chi connectivity index (χ0n) is 58.5. The summed E-state index contributed by atoms with van der Waals surface area (Å²) in [6.07, 6.45) is 8.15. The second kappa shape index (κ2) is 29.6. The zero-order chi connectivity index (χ0) is 66.6. The lowest BCUT2D eigenvalue weighted by Crippen LogP contribution is -2.30. The van der Waals surface area contributed by atoms with Crippen molar-refractivity contribution in [1.82, 2.24) is 0 Å². The van der Waals surface area contributed by atoms with E-state index in [-0.39, 0.29) is 0 Å². The molecule has 8 aromatic carbocycles. The van der Waals surface area contributed by atoms with Crippen LogP contribution >= 0.6 is 0 Å². The van der Waals surface area contributed by atoms with Gasteiger partial charge < -0.3 is 0 Å². The summed E-state index contributed by atoms with van der Waals surface area (Å²) in [5.74, 6) is 0.570. The Hall–Kier alpha value is -9.64. The molecule has 0 saturated carbocycles. The van der Waals surface area contributed by atoms with Crippen LogP contribution in [-0.2, 0) is 41.0 Å². The van der Waals surface area contributed by atoms with Gasteiger partial charge in [0.2, 0.25) is 22.8 Å². The van der Waals surface area contributed by atoms with Crippen molar-refractivity contribution in [3.8, 4) is 89.5 Å². The van der Waals surface area contributed by atoms with Gasteiger partial charge in [-0.1, -0.05) is 203 Å². The van der Waals surface area contributed by atoms with Gasteiger partial charge in [0, 0.05) is 77.6 Å². The van der Waals surface area contributed by atoms with Gasteiger partial charge in [0.05, 0.1) is 0 Å². The molecule has 0 amide bonds. The van der Waals surface area contributed by atoms with E-state index in [0.29, 0.717) is 17.0 Å². The third-order valence-electron chi connectivity index (χ3n) is 16.6. The Morgan fingerprint density at radius 2 is 0.636 bits per heavy atom. The van der Waals surface area contributed by atoms with Gasteiger partial charge in [-0.2, -0.15) is 0 Å². The van der Waals surface area contributed by atoms with E-state index in [1.54, 1.807) is 25.1 Å². The molecule has 0 aliphatic heterocycles. The highest BCUT2D eigenvalue weighted by atomic mass is 14.9. The van der Waals surface area contributed by atoms with Crippen LogP contribution in [0.5, 0.6) is 0 Å². The van der Waals surface area contributed by atoms with Crippen molar-refractivity contribution >= 4 is 0 Å². The standard InChI is InChI=1S/C22H24N.2C21H22N.C20H20N/c1-16(2)18-9-11-19(12-10-18)20-13-14-23(4)22(15-20)21-8-6-5-7-17(21)3;2*1-4-17-9-11-18(12-10-17)19-13-14-22(3)21(15-19)20-8-6-5-7-16(20)2;1-15-7-6-9-17(13-15)18-11-12-21(3)20(14-18)19-10-5-4-8-16(19)2/h5-16H,1-4H3;2*5-15H,4H2,1-3H3;4-14H,1-3H3/q4*+1/i;4D2;;1D3. The quantitative estimate of drug-likeness (QED) is 0.115. The number of rotatable bonds is 11. The van der Waals surface area contributed by atoms with Crippen molar-refractivity contribution in [2.45, 2.75) is 81.0 Å². The van der Waals surface area contributed by atoms with Crippen LogP contribution < -0.4 is 18.3 Å². The fourth-order valence-corrected chi connectivity index (χ4v) is 11.0. The third-order valence-corrected chi connectivity index (χ3v) is 16.6. The monoisotopic (exact) mass is 1160 g/mol. The SMILES string of the molecule is CCc1ccc(-c2cc[n+](C)c(-c3ccccc3C)c2)cc1.Cc1ccccc1-c1cc(-c2ccc(C(C)C)cc2)cc[n+]1C.[2H]C([2H])(C)c1ccc(-c2cc[n+](C)c(-c3ccccc3C)c2)cc1.[2H]C([2H])([2H])c1cccc(-c2cc[n+](C)c(-c3ccccc3C)c2)c1. The summed E-state index contributed by atoms with van der Waals surface area (Å²) in [5.41, 5.74) is 27.8. The summed E-state index contributed by atoms with van der Waals surface area (Å²) >= 11 is 0. The van der Waals surface area contributed by atoms with E-state index in [9.17, 15) is 0 Å². The molecule has 0 spiro atoms. The van der Waals surface area contributed by atoms with Crippen molar-refractivity contribution in [2.24, 2.45) is 28.2 Å². The summed E-state index contributed by atoms with van der Waals surface area (Å²) < 4.78 is 47.0. The smallest absolute Gasteiger partial charge is 0.201 e. The second-order valence-electron chi connectivity index (χ2n) is 23.1. The second-order valence-corrected chi connectivity index (χ2v) is 23.1. The predicted octanol–water partition coefficient (Wildman–Crippen LogP) is 19.2. The molecular weight excluding hydrogens is 1060 g/mol. The number of aromatic nitrogens is 4. The summed E-state index contributed by atoms with van der Waals surface area (Å²) in [7, 11) is 8.28. The maximum absolute atomic E-state index is 7.81. The van der Waals surface area contributed by atoms with Crippen LogP contribution in [0.3, 0.4) is 0 Å². The van der Waals surface area contributed by atoms with Crippen LogP contribution in [0, 0.1) is 34.5 Å². The van der Waals surface area contributed by atoms with Crippen molar-refractivity contribution in [1.29, 1.82) is 0 Å². The van der Waals surface area contributed by atoms with E-state index in [0.717, 1.165) is 34.4 Å². The van der Waals surface area contributed by atoms with Gasteiger partial charge in [-0.3, -0.25) is 0 Å². The van der Waals surface area contributed by atoms with E-state index >= 15 is 0 Å². The molecule has 88 heavy (non-hydrogen) atoms. The number of benzene rings is 8. The first-order valence-corrected chi connectivity index (χ1v) is 30.6. The van der Waals surface area contributed by atoms with Gasteiger partial charge in [-0.05, 0) is 161 Å². The number of pyridine rings is 4. The van der Waals surface area contributed by atoms with E-state index in [1.165, 1.54) is 95.0 Å². The first kappa shape index (κ1) is 56.2. The molecule has 0 radical (unpaired) electrons. The lowest BCUT2D eigenvalue weighted by molar-refractivity contribution is -0.660. The molecule has 0 atom stereocenters. The van der Waals surface area contributed by atoms with E-state index in [2.05, 4.69) is 282 Å². The Morgan fingerprint density at radius 1 is 0.330 bits per heavy atom. The average Bonchev–Trinajstić information content (AvgIpc) is 0.930. The molecule has 440 valence electrons. The summed E-state index contributed by atoms with van der Waals surface area (Å²) in [5, 5.41) is 0. The molecule has 0 fully saturated rings. The molecular formula is C84H88N4+4. The van der Waals surface area contributed by atoms with Gasteiger partial charge in [0.1, 0.15) is 28.2 Å². The Morgan fingerprint density at radius 3 is 0.943 bits per heavy atom. The molecule has 0 aliphatic rings. The summed E-state index contributed by atoms with van der Waals surface area (Å²) in [6.45, 7) is 14.7. The van der Waals surface area contributed by atoms with Crippen molar-refractivity contribution in [3.05, 3.63) is 312 Å². The summed E-state index contributed by atoms with van der Waals surface area (Å²) in [4.78, 5) is 0. The normalized spacial score (nSPS) is 11.9. The molecule has 0 saturated heterocycles. The maximum atomic E-state index is 7.81. The van der Waals surface area contributed by atoms with Crippen LogP contribution in [0.15, 0.2) is 267 Å². The highest BCUT2D eigenvalue weighted by Crippen LogP contribution is 2.31. The fraction of sp³-hybridized carbons (Fsp3) is 0.190. The van der Waals surface area contributed by atoms with Crippen molar-refractivity contribution in [2.75, 3.05) is 0 Å². The van der Waals surface area contributed by atoms with Crippen molar-refractivity contribution < 1.29 is 25.1 Å². The van der Waals surface area contributed by atoms with Gasteiger partial charge in [0.15, 0.2) is 24.8 Å². The predicted molar refractivity (Wildman–Crippen MR) is 370 cm³/mol. The van der Waals surface area contributed by atoms with Crippen LogP contribution in [-0.4, -0.2) is 0 Å². The van der Waals surface area contributed by atoms with Gasteiger partial charge in [-0.25, -0.2) is 18.3 Å². The Bertz CT molecular complexity index is 4500. The number of nitrogens with zero attached hydrogens (tertiary/aromatic N) is 4. The van der Waals surface area contributed by atoms with E-state index < -0.39 is 13.2 Å². The minimum absolute atomic E-state index is 0.366. The first-order valence-electron chi connectivity index (χ1n) is 33.1. The topological polar surface area (TPSA) is 15.5 Å². The molecule has 4 aromatic heterocycles. The zero-order valence-corrected chi connectivity index (χ0v) is 53.5. The minimum Gasteiger partial charge on any atom is -0.201 e. The summed E-state index contributed by atoms with van der Waals surface area (Å²) in [6, 6.07) is 83.8. The van der Waals surface area contributed by atoms with E-state index in [4.69, 9.17) is 6.85 Å².